The molecule has 0 fully saturated rings. The van der Waals surface area contributed by atoms with E-state index >= 15 is 0 Å². The van der Waals surface area contributed by atoms with Crippen LogP contribution < -0.4 is 0 Å². The lowest BCUT2D eigenvalue weighted by molar-refractivity contribution is 0.108. The van der Waals surface area contributed by atoms with Gasteiger partial charge < -0.3 is 0 Å². The number of rotatable bonds is 4. The number of halogens is 2. The van der Waals surface area contributed by atoms with Crippen molar-refractivity contribution in [2.24, 2.45) is 10.2 Å². The summed E-state index contributed by atoms with van der Waals surface area (Å²) in [6, 6.07) is 13.6. The van der Waals surface area contributed by atoms with Gasteiger partial charge in [0.2, 0.25) is 9.39 Å². The van der Waals surface area contributed by atoms with Gasteiger partial charge in [-0.15, -0.1) is 10.2 Å². The lowest BCUT2D eigenvalue weighted by atomic mass is 10.2. The first-order chi connectivity index (χ1) is 9.59. The summed E-state index contributed by atoms with van der Waals surface area (Å²) < 4.78 is -0.534. The highest BCUT2D eigenvalue weighted by molar-refractivity contribution is 9.18. The van der Waals surface area contributed by atoms with Gasteiger partial charge in [0.15, 0.2) is 0 Å². The molecule has 0 aliphatic heterocycles. The zero-order chi connectivity index (χ0) is 14.5. The number of hydrogen-bond donors (Lipinski definition) is 0. The SMILES string of the molecule is O=C(Br)c1ccccc1/N=N/c1ccccc1C(=O)Br. The van der Waals surface area contributed by atoms with E-state index in [1.807, 2.05) is 0 Å². The first kappa shape index (κ1) is 14.7. The Morgan fingerprint density at radius 2 is 1.05 bits per heavy atom. The van der Waals surface area contributed by atoms with E-state index in [0.29, 0.717) is 22.5 Å². The Morgan fingerprint density at radius 1 is 0.700 bits per heavy atom. The van der Waals surface area contributed by atoms with Crippen molar-refractivity contribution in [1.29, 1.82) is 0 Å². The molecule has 0 saturated carbocycles. The van der Waals surface area contributed by atoms with E-state index < -0.39 is 0 Å². The Balaban J connectivity index is 2.40. The maximum Gasteiger partial charge on any atom is 0.230 e. The molecule has 0 heterocycles. The maximum absolute atomic E-state index is 11.4. The standard InChI is InChI=1S/C14H8Br2N2O2/c15-13(19)9-5-1-3-7-11(9)17-18-12-8-4-2-6-10(12)14(16)20/h1-8H/b18-17+. The van der Waals surface area contributed by atoms with Crippen LogP contribution in [0.3, 0.4) is 0 Å². The fourth-order valence-electron chi connectivity index (χ4n) is 1.56. The van der Waals surface area contributed by atoms with Gasteiger partial charge in [0.05, 0.1) is 22.5 Å². The van der Waals surface area contributed by atoms with Crippen LogP contribution in [0.1, 0.15) is 20.7 Å². The normalized spacial score (nSPS) is 10.7. The average molecular weight is 396 g/mol. The summed E-state index contributed by atoms with van der Waals surface area (Å²) in [6.45, 7) is 0. The summed E-state index contributed by atoms with van der Waals surface area (Å²) in [4.78, 5) is 22.8. The number of carbonyl (C=O) groups is 2. The first-order valence-electron chi connectivity index (χ1n) is 5.59. The Morgan fingerprint density at radius 3 is 1.40 bits per heavy atom. The Hall–Kier alpha value is -1.66. The van der Waals surface area contributed by atoms with Crippen molar-refractivity contribution in [3.05, 3.63) is 59.7 Å². The number of hydrogen-bond acceptors (Lipinski definition) is 4. The van der Waals surface area contributed by atoms with Gasteiger partial charge in [-0.05, 0) is 56.1 Å². The van der Waals surface area contributed by atoms with Crippen LogP contribution in [0.15, 0.2) is 58.8 Å². The second-order valence-electron chi connectivity index (χ2n) is 3.78. The molecule has 2 rings (SSSR count). The molecule has 0 aliphatic rings. The zero-order valence-corrected chi connectivity index (χ0v) is 13.3. The largest absolute Gasteiger partial charge is 0.281 e. The van der Waals surface area contributed by atoms with Crippen molar-refractivity contribution in [2.75, 3.05) is 0 Å². The summed E-state index contributed by atoms with van der Waals surface area (Å²) in [6.07, 6.45) is 0. The molecule has 0 radical (unpaired) electrons. The first-order valence-corrected chi connectivity index (χ1v) is 7.17. The van der Waals surface area contributed by atoms with Gasteiger partial charge in [0.1, 0.15) is 0 Å². The minimum Gasteiger partial charge on any atom is -0.281 e. The molecule has 0 atom stereocenters. The Kier molecular flexibility index (Phi) is 4.92. The highest BCUT2D eigenvalue weighted by atomic mass is 79.9. The van der Waals surface area contributed by atoms with Crippen LogP contribution in [0.4, 0.5) is 11.4 Å². The Bertz CT molecular complexity index is 640. The molecular formula is C14H8Br2N2O2. The molecule has 2 aromatic carbocycles. The Labute approximate surface area is 132 Å². The lowest BCUT2D eigenvalue weighted by Gasteiger charge is -2.01. The number of carbonyl (C=O) groups excluding carboxylic acids is 2. The van der Waals surface area contributed by atoms with Crippen LogP contribution in [0, 0.1) is 0 Å². The molecule has 0 amide bonds. The van der Waals surface area contributed by atoms with Crippen LogP contribution in [0.25, 0.3) is 0 Å². The van der Waals surface area contributed by atoms with Crippen LogP contribution in [0.2, 0.25) is 0 Å². The summed E-state index contributed by atoms with van der Waals surface area (Å²) >= 11 is 5.79. The second kappa shape index (κ2) is 6.67. The molecule has 2 aromatic rings. The zero-order valence-electron chi connectivity index (χ0n) is 10.1. The van der Waals surface area contributed by atoms with Gasteiger partial charge in [-0.3, -0.25) is 9.59 Å². The molecule has 100 valence electrons. The number of benzene rings is 2. The average Bonchev–Trinajstić information content (AvgIpc) is 2.45. The van der Waals surface area contributed by atoms with Crippen LogP contribution in [-0.2, 0) is 0 Å². The van der Waals surface area contributed by atoms with Crippen molar-refractivity contribution in [1.82, 2.24) is 0 Å². The smallest absolute Gasteiger partial charge is 0.230 e. The number of azo groups is 1. The predicted molar refractivity (Wildman–Crippen MR) is 83.6 cm³/mol. The van der Waals surface area contributed by atoms with Crippen molar-refractivity contribution in [3.8, 4) is 0 Å². The van der Waals surface area contributed by atoms with Crippen molar-refractivity contribution in [2.45, 2.75) is 0 Å². The maximum atomic E-state index is 11.4. The van der Waals surface area contributed by atoms with E-state index in [1.54, 1.807) is 48.5 Å². The van der Waals surface area contributed by atoms with Crippen molar-refractivity contribution >= 4 is 52.6 Å². The third-order valence-corrected chi connectivity index (χ3v) is 3.35. The van der Waals surface area contributed by atoms with Gasteiger partial charge in [-0.25, -0.2) is 0 Å². The second-order valence-corrected chi connectivity index (χ2v) is 5.22. The topological polar surface area (TPSA) is 58.9 Å². The van der Waals surface area contributed by atoms with Crippen molar-refractivity contribution in [3.63, 3.8) is 0 Å². The van der Waals surface area contributed by atoms with Crippen LogP contribution in [0.5, 0.6) is 0 Å². The van der Waals surface area contributed by atoms with E-state index in [2.05, 4.69) is 42.1 Å². The molecule has 4 nitrogen and oxygen atoms in total. The molecule has 0 spiro atoms. The highest BCUT2D eigenvalue weighted by Crippen LogP contribution is 2.26. The summed E-state index contributed by atoms with van der Waals surface area (Å²) in [5, 5.41) is 8.08. The van der Waals surface area contributed by atoms with E-state index in [0.717, 1.165) is 0 Å². The summed E-state index contributed by atoms with van der Waals surface area (Å²) in [7, 11) is 0. The van der Waals surface area contributed by atoms with Crippen LogP contribution >= 0.6 is 31.9 Å². The van der Waals surface area contributed by atoms with E-state index in [4.69, 9.17) is 0 Å². The third kappa shape index (κ3) is 3.46. The minimum atomic E-state index is -0.267. The highest BCUT2D eigenvalue weighted by Gasteiger charge is 2.09. The number of nitrogens with zero attached hydrogens (tertiary/aromatic N) is 2. The molecular weight excluding hydrogens is 388 g/mol. The van der Waals surface area contributed by atoms with Gasteiger partial charge in [0, 0.05) is 0 Å². The van der Waals surface area contributed by atoms with E-state index in [9.17, 15) is 9.59 Å². The monoisotopic (exact) mass is 394 g/mol. The van der Waals surface area contributed by atoms with Gasteiger partial charge >= 0.3 is 0 Å². The molecule has 0 saturated heterocycles. The lowest BCUT2D eigenvalue weighted by Crippen LogP contribution is -1.88. The fourth-order valence-corrected chi connectivity index (χ4v) is 2.23. The molecule has 0 aliphatic carbocycles. The van der Waals surface area contributed by atoms with Crippen LogP contribution in [-0.4, -0.2) is 9.39 Å². The molecule has 20 heavy (non-hydrogen) atoms. The molecule has 0 N–H and O–H groups in total. The third-order valence-electron chi connectivity index (χ3n) is 2.50. The minimum absolute atomic E-state index is 0.267. The van der Waals surface area contributed by atoms with Gasteiger partial charge in [-0.2, -0.15) is 0 Å². The van der Waals surface area contributed by atoms with E-state index in [-0.39, 0.29) is 9.39 Å². The summed E-state index contributed by atoms with van der Waals surface area (Å²) in [5.41, 5.74) is 1.70. The van der Waals surface area contributed by atoms with Crippen molar-refractivity contribution < 1.29 is 9.59 Å². The van der Waals surface area contributed by atoms with E-state index in [1.165, 1.54) is 0 Å². The predicted octanol–water partition coefficient (Wildman–Crippen LogP) is 5.17. The molecule has 6 heteroatoms. The summed E-state index contributed by atoms with van der Waals surface area (Å²) in [5.74, 6) is 0. The van der Waals surface area contributed by atoms with Gasteiger partial charge in [-0.1, -0.05) is 24.3 Å². The molecule has 0 bridgehead atoms. The molecule has 0 aromatic heterocycles. The fraction of sp³-hybridized carbons (Fsp3) is 0. The molecule has 0 unspecified atom stereocenters. The quantitative estimate of drug-likeness (QED) is 0.529. The van der Waals surface area contributed by atoms with Gasteiger partial charge in [0.25, 0.3) is 0 Å².